The lowest BCUT2D eigenvalue weighted by molar-refractivity contribution is 0.112. The zero-order valence-electron chi connectivity index (χ0n) is 13.3. The zero-order valence-corrected chi connectivity index (χ0v) is 13.3. The average Bonchev–Trinajstić information content (AvgIpc) is 2.66. The average molecular weight is 330 g/mol. The third kappa shape index (κ3) is 2.90. The van der Waals surface area contributed by atoms with E-state index in [1.54, 1.807) is 24.3 Å². The van der Waals surface area contributed by atoms with Gasteiger partial charge in [0.15, 0.2) is 0 Å². The molecule has 0 spiro atoms. The predicted octanol–water partition coefficient (Wildman–Crippen LogP) is 4.34. The second-order valence-corrected chi connectivity index (χ2v) is 5.73. The number of hydrogen-bond donors (Lipinski definition) is 0. The van der Waals surface area contributed by atoms with Gasteiger partial charge in [-0.05, 0) is 17.5 Å². The number of benzene rings is 3. The highest BCUT2D eigenvalue weighted by molar-refractivity contribution is 6.04. The van der Waals surface area contributed by atoms with Crippen LogP contribution < -0.4 is 10.4 Å². The molecule has 0 radical (unpaired) electrons. The molecule has 4 aromatic rings. The summed E-state index contributed by atoms with van der Waals surface area (Å²) in [5.74, 6) is 0.576. The zero-order chi connectivity index (χ0) is 17.2. The second kappa shape index (κ2) is 6.24. The summed E-state index contributed by atoms with van der Waals surface area (Å²) in [6.45, 7) is 0.211. The smallest absolute Gasteiger partial charge is 0.336 e. The van der Waals surface area contributed by atoms with E-state index in [1.807, 2.05) is 36.4 Å². The summed E-state index contributed by atoms with van der Waals surface area (Å²) >= 11 is 0. The number of hydrogen-bond acceptors (Lipinski definition) is 4. The van der Waals surface area contributed by atoms with E-state index in [0.717, 1.165) is 28.0 Å². The molecule has 0 unspecified atom stereocenters. The number of aldehydes is 1. The minimum absolute atomic E-state index is 0.211. The topological polar surface area (TPSA) is 56.5 Å². The molecule has 4 heteroatoms. The summed E-state index contributed by atoms with van der Waals surface area (Å²) in [5, 5.41) is 2.74. The first-order valence-corrected chi connectivity index (χ1v) is 7.87. The number of fused-ring (bicyclic) bond motifs is 3. The minimum Gasteiger partial charge on any atom is -0.489 e. The Hall–Kier alpha value is -3.40. The van der Waals surface area contributed by atoms with Crippen LogP contribution in [0, 0.1) is 0 Å². The third-order valence-electron chi connectivity index (χ3n) is 4.11. The Labute approximate surface area is 143 Å². The summed E-state index contributed by atoms with van der Waals surface area (Å²) in [7, 11) is 0. The molecule has 25 heavy (non-hydrogen) atoms. The van der Waals surface area contributed by atoms with Crippen molar-refractivity contribution in [1.29, 1.82) is 0 Å². The molecule has 0 aliphatic rings. The maximum atomic E-state index is 12.0. The summed E-state index contributed by atoms with van der Waals surface area (Å²) in [6.07, 6.45) is 0.769. The molecule has 1 heterocycles. The molecule has 1 aromatic heterocycles. The lowest BCUT2D eigenvalue weighted by atomic mass is 10.0. The first kappa shape index (κ1) is 15.1. The van der Waals surface area contributed by atoms with Crippen LogP contribution in [0.4, 0.5) is 0 Å². The van der Waals surface area contributed by atoms with Gasteiger partial charge in [0.1, 0.15) is 24.2 Å². The number of rotatable bonds is 4. The summed E-state index contributed by atoms with van der Waals surface area (Å²) in [5.41, 5.74) is 1.43. The molecule has 0 aliphatic carbocycles. The van der Waals surface area contributed by atoms with E-state index in [4.69, 9.17) is 9.15 Å². The van der Waals surface area contributed by atoms with Gasteiger partial charge in [0.2, 0.25) is 0 Å². The Bertz CT molecular complexity index is 1140. The van der Waals surface area contributed by atoms with Gasteiger partial charge in [-0.1, -0.05) is 48.5 Å². The molecule has 122 valence electrons. The molecule has 3 aromatic carbocycles. The van der Waals surface area contributed by atoms with Crippen LogP contribution >= 0.6 is 0 Å². The van der Waals surface area contributed by atoms with Crippen LogP contribution in [0.2, 0.25) is 0 Å². The lowest BCUT2D eigenvalue weighted by Gasteiger charge is -2.10. The van der Waals surface area contributed by atoms with Crippen LogP contribution in [0.5, 0.6) is 5.75 Å². The fraction of sp³-hybridized carbons (Fsp3) is 0.0476. The molecule has 0 atom stereocenters. The minimum atomic E-state index is -0.413. The molecule has 0 bridgehead atoms. The molecular formula is C21H14O4. The van der Waals surface area contributed by atoms with Gasteiger partial charge in [0.25, 0.3) is 0 Å². The van der Waals surface area contributed by atoms with Crippen molar-refractivity contribution in [3.8, 4) is 5.75 Å². The highest BCUT2D eigenvalue weighted by Gasteiger charge is 2.10. The van der Waals surface area contributed by atoms with Gasteiger partial charge in [-0.2, -0.15) is 0 Å². The molecule has 0 fully saturated rings. The Morgan fingerprint density at radius 1 is 0.920 bits per heavy atom. The highest BCUT2D eigenvalue weighted by atomic mass is 16.5. The number of carbonyl (C=O) groups is 1. The fourth-order valence-electron chi connectivity index (χ4n) is 2.91. The van der Waals surface area contributed by atoms with Crippen LogP contribution in [0.15, 0.2) is 75.9 Å². The maximum Gasteiger partial charge on any atom is 0.336 e. The number of carbonyl (C=O) groups excluding carboxylic acids is 1. The Morgan fingerprint density at radius 3 is 2.68 bits per heavy atom. The van der Waals surface area contributed by atoms with E-state index in [-0.39, 0.29) is 6.61 Å². The maximum absolute atomic E-state index is 12.0. The van der Waals surface area contributed by atoms with E-state index in [9.17, 15) is 9.59 Å². The van der Waals surface area contributed by atoms with Crippen LogP contribution in [0.25, 0.3) is 21.7 Å². The predicted molar refractivity (Wildman–Crippen MR) is 96.2 cm³/mol. The molecule has 0 amide bonds. The number of ether oxygens (including phenoxy) is 1. The lowest BCUT2D eigenvalue weighted by Crippen LogP contribution is -2.04. The SMILES string of the molecule is O=Cc1cccc(OCc2cc(=O)oc3c2ccc2ccccc23)c1. The summed E-state index contributed by atoms with van der Waals surface area (Å²) in [6, 6.07) is 20.0. The fourth-order valence-corrected chi connectivity index (χ4v) is 2.91. The van der Waals surface area contributed by atoms with Gasteiger partial charge in [-0.3, -0.25) is 4.79 Å². The first-order chi connectivity index (χ1) is 12.2. The molecule has 0 N–H and O–H groups in total. The molecule has 4 rings (SSSR count). The monoisotopic (exact) mass is 330 g/mol. The van der Waals surface area contributed by atoms with E-state index >= 15 is 0 Å². The summed E-state index contributed by atoms with van der Waals surface area (Å²) < 4.78 is 11.2. The van der Waals surface area contributed by atoms with Gasteiger partial charge < -0.3 is 9.15 Å². The van der Waals surface area contributed by atoms with Gasteiger partial charge in [0, 0.05) is 28.0 Å². The molecule has 4 nitrogen and oxygen atoms in total. The van der Waals surface area contributed by atoms with Gasteiger partial charge >= 0.3 is 5.63 Å². The third-order valence-corrected chi connectivity index (χ3v) is 4.11. The highest BCUT2D eigenvalue weighted by Crippen LogP contribution is 2.27. The van der Waals surface area contributed by atoms with Crippen molar-refractivity contribution in [2.75, 3.05) is 0 Å². The standard InChI is InChI=1S/C21H14O4/c22-12-14-4-3-6-17(10-14)24-13-16-11-20(23)25-21-18-7-2-1-5-15(18)8-9-19(16)21/h1-12H,13H2. The molecule has 0 saturated carbocycles. The Morgan fingerprint density at radius 2 is 1.80 bits per heavy atom. The van der Waals surface area contributed by atoms with Crippen molar-refractivity contribution in [3.63, 3.8) is 0 Å². The molecular weight excluding hydrogens is 316 g/mol. The van der Waals surface area contributed by atoms with E-state index < -0.39 is 5.63 Å². The quantitative estimate of drug-likeness (QED) is 0.317. The van der Waals surface area contributed by atoms with Crippen molar-refractivity contribution >= 4 is 28.0 Å². The van der Waals surface area contributed by atoms with E-state index in [0.29, 0.717) is 16.9 Å². The normalized spacial score (nSPS) is 10.9. The summed E-state index contributed by atoms with van der Waals surface area (Å²) in [4.78, 5) is 22.9. The van der Waals surface area contributed by atoms with E-state index in [1.165, 1.54) is 6.07 Å². The van der Waals surface area contributed by atoms with Gasteiger partial charge in [-0.25, -0.2) is 4.79 Å². The van der Waals surface area contributed by atoms with Crippen molar-refractivity contribution in [1.82, 2.24) is 0 Å². The van der Waals surface area contributed by atoms with Crippen LogP contribution in [-0.2, 0) is 6.61 Å². The molecule has 0 saturated heterocycles. The van der Waals surface area contributed by atoms with Crippen molar-refractivity contribution in [2.24, 2.45) is 0 Å². The van der Waals surface area contributed by atoms with Crippen LogP contribution in [0.3, 0.4) is 0 Å². The van der Waals surface area contributed by atoms with Crippen molar-refractivity contribution in [2.45, 2.75) is 6.61 Å². The largest absolute Gasteiger partial charge is 0.489 e. The van der Waals surface area contributed by atoms with Crippen LogP contribution in [-0.4, -0.2) is 6.29 Å². The van der Waals surface area contributed by atoms with Crippen LogP contribution in [0.1, 0.15) is 15.9 Å². The van der Waals surface area contributed by atoms with Gasteiger partial charge in [0.05, 0.1) is 0 Å². The molecule has 0 aliphatic heterocycles. The van der Waals surface area contributed by atoms with E-state index in [2.05, 4.69) is 0 Å². The van der Waals surface area contributed by atoms with Crippen molar-refractivity contribution < 1.29 is 13.9 Å². The second-order valence-electron chi connectivity index (χ2n) is 5.73. The first-order valence-electron chi connectivity index (χ1n) is 7.87. The Balaban J connectivity index is 1.77. The van der Waals surface area contributed by atoms with Crippen molar-refractivity contribution in [3.05, 3.63) is 88.3 Å². The Kier molecular flexibility index (Phi) is 3.78. The van der Waals surface area contributed by atoms with Gasteiger partial charge in [-0.15, -0.1) is 0 Å².